The van der Waals surface area contributed by atoms with Gasteiger partial charge in [0.15, 0.2) is 12.4 Å². The molecule has 1 amide bonds. The largest absolute Gasteiger partial charge is 0.508 e. The molecular weight excluding hydrogens is 594 g/mol. The van der Waals surface area contributed by atoms with Gasteiger partial charge in [0.05, 0.1) is 19.6 Å². The second kappa shape index (κ2) is 12.8. The maximum atomic E-state index is 13.5. The van der Waals surface area contributed by atoms with Gasteiger partial charge in [0.25, 0.3) is 0 Å². The molecule has 4 aliphatic rings. The molecule has 3 saturated carbocycles. The summed E-state index contributed by atoms with van der Waals surface area (Å²) < 4.78 is 10.00. The molecule has 0 aliphatic heterocycles. The smallest absolute Gasteiger partial charge is 0.328 e. The van der Waals surface area contributed by atoms with E-state index in [1.165, 1.54) is 19.2 Å². The molecule has 8 atom stereocenters. The van der Waals surface area contributed by atoms with Gasteiger partial charge in [-0.25, -0.2) is 4.79 Å². The fourth-order valence-electron chi connectivity index (χ4n) is 8.81. The number of ketones is 2. The van der Waals surface area contributed by atoms with Crippen LogP contribution in [0.3, 0.4) is 0 Å². The molecule has 0 bridgehead atoms. The summed E-state index contributed by atoms with van der Waals surface area (Å²) in [6, 6.07) is 5.12. The number of carbonyl (C=O) groups is 5. The van der Waals surface area contributed by atoms with Gasteiger partial charge in [-0.15, -0.1) is 0 Å². The third-order valence-electron chi connectivity index (χ3n) is 11.2. The standard InChI is InChI=1S/C35H43NO10/c1-33-14-12-23(38)17-21(33)6-9-24-25-13-15-35(44,34(25,2)18-27(39)31(24)33)28(40)19-46-30(42)11-10-29(41)36-26(32(43)45-3)16-20-4-7-22(37)8-5-20/h4-5,7-8,12,14,17,24-27,31,37,39,44H,6,9-11,13,15-16,18-19H2,1-3H3,(H,36,41)/t24-,25-,26+,27-,31+,33-,34-,35-/m0/s1. The van der Waals surface area contributed by atoms with Crippen LogP contribution in [0.4, 0.5) is 0 Å². The Morgan fingerprint density at radius 2 is 1.80 bits per heavy atom. The van der Waals surface area contributed by atoms with Crippen molar-refractivity contribution < 1.29 is 48.8 Å². The first-order valence-corrected chi connectivity index (χ1v) is 15.9. The molecule has 4 N–H and O–H groups in total. The predicted molar refractivity (Wildman–Crippen MR) is 164 cm³/mol. The predicted octanol–water partition coefficient (Wildman–Crippen LogP) is 2.49. The second-order valence-corrected chi connectivity index (χ2v) is 13.7. The number of fused-ring (bicyclic) bond motifs is 5. The van der Waals surface area contributed by atoms with Crippen molar-refractivity contribution in [2.24, 2.45) is 28.6 Å². The SMILES string of the molecule is COC(=O)[C@@H](Cc1ccc(O)cc1)NC(=O)CCC(=O)OCC(=O)[C@@]1(O)CC[C@H]2[C@@H]3CCC4=CC(=O)C=C[C@]4(C)[C@H]3[C@@H](O)C[C@@]21C. The zero-order valence-electron chi connectivity index (χ0n) is 26.5. The first kappa shape index (κ1) is 33.5. The molecule has 0 radical (unpaired) electrons. The van der Waals surface area contributed by atoms with Crippen LogP contribution in [-0.2, 0) is 39.9 Å². The van der Waals surface area contributed by atoms with Crippen LogP contribution in [0.2, 0.25) is 0 Å². The lowest BCUT2D eigenvalue weighted by Gasteiger charge is -2.59. The summed E-state index contributed by atoms with van der Waals surface area (Å²) in [5.41, 5.74) is -1.49. The summed E-state index contributed by atoms with van der Waals surface area (Å²) >= 11 is 0. The average Bonchev–Trinajstić information content (AvgIpc) is 3.29. The minimum Gasteiger partial charge on any atom is -0.508 e. The lowest BCUT2D eigenvalue weighted by molar-refractivity contribution is -0.181. The number of nitrogens with one attached hydrogen (secondary N) is 1. The van der Waals surface area contributed by atoms with Gasteiger partial charge in [-0.2, -0.15) is 0 Å². The Labute approximate surface area is 268 Å². The van der Waals surface area contributed by atoms with Gasteiger partial charge >= 0.3 is 11.9 Å². The number of amides is 1. The van der Waals surface area contributed by atoms with Crippen LogP contribution >= 0.6 is 0 Å². The molecule has 1 aromatic carbocycles. The summed E-state index contributed by atoms with van der Waals surface area (Å²) in [7, 11) is 1.19. The van der Waals surface area contributed by atoms with Gasteiger partial charge in [0, 0.05) is 29.6 Å². The molecule has 0 spiro atoms. The number of benzene rings is 1. The Bertz CT molecular complexity index is 1470. The normalized spacial score (nSPS) is 33.5. The Morgan fingerprint density at radius 3 is 2.50 bits per heavy atom. The third-order valence-corrected chi connectivity index (χ3v) is 11.2. The minimum atomic E-state index is -1.79. The maximum Gasteiger partial charge on any atom is 0.328 e. The number of rotatable bonds is 10. The number of hydrogen-bond acceptors (Lipinski definition) is 10. The van der Waals surface area contributed by atoms with E-state index in [1.54, 1.807) is 24.3 Å². The van der Waals surface area contributed by atoms with Gasteiger partial charge in [-0.1, -0.05) is 37.6 Å². The first-order valence-electron chi connectivity index (χ1n) is 15.9. The second-order valence-electron chi connectivity index (χ2n) is 13.7. The number of aliphatic hydroxyl groups is 2. The van der Waals surface area contributed by atoms with Gasteiger partial charge < -0.3 is 30.1 Å². The highest BCUT2D eigenvalue weighted by Gasteiger charge is 2.68. The van der Waals surface area contributed by atoms with Gasteiger partial charge in [0.2, 0.25) is 11.7 Å². The van der Waals surface area contributed by atoms with Crippen molar-refractivity contribution in [3.63, 3.8) is 0 Å². The summed E-state index contributed by atoms with van der Waals surface area (Å²) in [6.45, 7) is 3.24. The molecule has 0 heterocycles. The van der Waals surface area contributed by atoms with E-state index in [-0.39, 0.29) is 61.4 Å². The molecule has 0 saturated heterocycles. The quantitative estimate of drug-likeness (QED) is 0.279. The van der Waals surface area contributed by atoms with E-state index in [1.807, 2.05) is 13.0 Å². The summed E-state index contributed by atoms with van der Waals surface area (Å²) in [5, 5.41) is 35.4. The summed E-state index contributed by atoms with van der Waals surface area (Å²) in [5.74, 6) is -2.83. The Morgan fingerprint density at radius 1 is 1.09 bits per heavy atom. The number of allylic oxidation sites excluding steroid dienone is 4. The van der Waals surface area contributed by atoms with E-state index in [4.69, 9.17) is 9.47 Å². The number of Topliss-reactive ketones (excluding diaryl/α,β-unsaturated/α-hetero) is 1. The topological polar surface area (TPSA) is 177 Å². The Hall–Kier alpha value is -3.83. The summed E-state index contributed by atoms with van der Waals surface area (Å²) in [4.78, 5) is 62.9. The van der Waals surface area contributed by atoms with E-state index in [0.717, 1.165) is 12.0 Å². The maximum absolute atomic E-state index is 13.5. The van der Waals surface area contributed by atoms with Crippen molar-refractivity contribution in [3.8, 4) is 5.75 Å². The highest BCUT2D eigenvalue weighted by atomic mass is 16.5. The Balaban J connectivity index is 1.16. The molecule has 248 valence electrons. The lowest BCUT2D eigenvalue weighted by atomic mass is 9.46. The van der Waals surface area contributed by atoms with Crippen LogP contribution in [-0.4, -0.2) is 76.2 Å². The van der Waals surface area contributed by atoms with Gasteiger partial charge in [-0.05, 0) is 73.8 Å². The molecule has 4 aliphatic carbocycles. The number of carbonyl (C=O) groups excluding carboxylic acids is 5. The highest BCUT2D eigenvalue weighted by Crippen LogP contribution is 2.67. The highest BCUT2D eigenvalue weighted by molar-refractivity contribution is 6.01. The van der Waals surface area contributed by atoms with Gasteiger partial charge in [-0.3, -0.25) is 19.2 Å². The number of phenols is 1. The van der Waals surface area contributed by atoms with Crippen LogP contribution in [0.15, 0.2) is 48.1 Å². The number of ether oxygens (including phenoxy) is 2. The number of phenolic OH excluding ortho intramolecular Hbond substituents is 1. The molecule has 0 aromatic heterocycles. The molecule has 46 heavy (non-hydrogen) atoms. The number of aromatic hydroxyl groups is 1. The van der Waals surface area contributed by atoms with Crippen molar-refractivity contribution >= 4 is 29.4 Å². The zero-order valence-corrected chi connectivity index (χ0v) is 26.5. The minimum absolute atomic E-state index is 0.0389. The lowest BCUT2D eigenvalue weighted by Crippen LogP contribution is -2.61. The van der Waals surface area contributed by atoms with Crippen LogP contribution in [0.5, 0.6) is 5.75 Å². The van der Waals surface area contributed by atoms with Crippen molar-refractivity contribution in [1.82, 2.24) is 5.32 Å². The van der Waals surface area contributed by atoms with Crippen molar-refractivity contribution in [2.45, 2.75) is 83.0 Å². The number of hydrogen-bond donors (Lipinski definition) is 4. The van der Waals surface area contributed by atoms with E-state index in [2.05, 4.69) is 12.2 Å². The number of aliphatic hydroxyl groups excluding tert-OH is 1. The van der Waals surface area contributed by atoms with E-state index in [9.17, 15) is 39.3 Å². The van der Waals surface area contributed by atoms with Crippen molar-refractivity contribution in [2.75, 3.05) is 13.7 Å². The van der Waals surface area contributed by atoms with Crippen molar-refractivity contribution in [3.05, 3.63) is 53.6 Å². The van der Waals surface area contributed by atoms with E-state index in [0.29, 0.717) is 18.4 Å². The first-order chi connectivity index (χ1) is 21.7. The van der Waals surface area contributed by atoms with Gasteiger partial charge in [0.1, 0.15) is 17.4 Å². The molecule has 1 aromatic rings. The Kier molecular flexibility index (Phi) is 9.30. The fourth-order valence-corrected chi connectivity index (χ4v) is 8.81. The third kappa shape index (κ3) is 6.02. The zero-order chi connectivity index (χ0) is 33.4. The van der Waals surface area contributed by atoms with Crippen LogP contribution < -0.4 is 5.32 Å². The number of esters is 2. The molecule has 11 heteroatoms. The monoisotopic (exact) mass is 637 g/mol. The van der Waals surface area contributed by atoms with Crippen LogP contribution in [0.25, 0.3) is 0 Å². The number of methoxy groups -OCH3 is 1. The molecule has 11 nitrogen and oxygen atoms in total. The van der Waals surface area contributed by atoms with E-state index >= 15 is 0 Å². The fraction of sp³-hybridized carbons (Fsp3) is 0.571. The van der Waals surface area contributed by atoms with Crippen LogP contribution in [0, 0.1) is 28.6 Å². The van der Waals surface area contributed by atoms with E-state index < -0.39 is 58.8 Å². The molecule has 5 rings (SSSR count). The molecule has 0 unspecified atom stereocenters. The van der Waals surface area contributed by atoms with Crippen LogP contribution in [0.1, 0.15) is 64.4 Å². The summed E-state index contributed by atoms with van der Waals surface area (Å²) in [6.07, 6.45) is 6.24. The average molecular weight is 638 g/mol. The van der Waals surface area contributed by atoms with Crippen molar-refractivity contribution in [1.29, 1.82) is 0 Å². The molecular formula is C35H43NO10. The molecule has 3 fully saturated rings.